The minimum Gasteiger partial charge on any atom is -0.342 e. The van der Waals surface area contributed by atoms with Crippen molar-refractivity contribution in [3.05, 3.63) is 0 Å². The summed E-state index contributed by atoms with van der Waals surface area (Å²) in [5.74, 6) is 1.59. The Morgan fingerprint density at radius 1 is 1.47 bits per heavy atom. The number of nitrogens with one attached hydrogen (secondary N) is 1. The second kappa shape index (κ2) is 5.14. The Kier molecular flexibility index (Phi) is 4.37. The molecule has 2 fully saturated rings. The molecule has 3 atom stereocenters. The fourth-order valence-corrected chi connectivity index (χ4v) is 2.45. The SMILES string of the molecule is CC(CN)C(=O)N1C[C@H]2CNC[C@H]2C1.Cl. The topological polar surface area (TPSA) is 58.4 Å². The number of halogens is 1. The summed E-state index contributed by atoms with van der Waals surface area (Å²) in [4.78, 5) is 13.8. The van der Waals surface area contributed by atoms with E-state index in [-0.39, 0.29) is 24.2 Å². The van der Waals surface area contributed by atoms with Crippen LogP contribution in [0.5, 0.6) is 0 Å². The van der Waals surface area contributed by atoms with Crippen molar-refractivity contribution in [1.82, 2.24) is 10.2 Å². The molecule has 2 heterocycles. The normalized spacial score (nSPS) is 30.9. The van der Waals surface area contributed by atoms with Crippen molar-refractivity contribution in [2.45, 2.75) is 6.92 Å². The van der Waals surface area contributed by atoms with Gasteiger partial charge in [-0.1, -0.05) is 6.92 Å². The molecule has 2 saturated heterocycles. The predicted octanol–water partition coefficient (Wildman–Crippen LogP) is -0.319. The molecule has 0 aromatic carbocycles. The highest BCUT2D eigenvalue weighted by molar-refractivity contribution is 5.85. The first-order chi connectivity index (χ1) is 6.72. The number of amides is 1. The summed E-state index contributed by atoms with van der Waals surface area (Å²) in [5, 5.41) is 3.36. The molecule has 0 aromatic rings. The Morgan fingerprint density at radius 3 is 2.47 bits per heavy atom. The zero-order chi connectivity index (χ0) is 10.1. The number of nitrogens with two attached hydrogens (primary N) is 1. The molecule has 1 unspecified atom stereocenters. The molecule has 0 bridgehead atoms. The van der Waals surface area contributed by atoms with Crippen molar-refractivity contribution in [3.8, 4) is 0 Å². The first-order valence-corrected chi connectivity index (χ1v) is 5.42. The largest absolute Gasteiger partial charge is 0.342 e. The van der Waals surface area contributed by atoms with Crippen LogP contribution in [-0.4, -0.2) is 43.5 Å². The number of hydrogen-bond acceptors (Lipinski definition) is 3. The van der Waals surface area contributed by atoms with Gasteiger partial charge in [0.05, 0.1) is 0 Å². The van der Waals surface area contributed by atoms with Gasteiger partial charge in [0.15, 0.2) is 0 Å². The average Bonchev–Trinajstić information content (AvgIpc) is 2.74. The molecular weight excluding hydrogens is 214 g/mol. The number of carbonyl (C=O) groups excluding carboxylic acids is 1. The zero-order valence-electron chi connectivity index (χ0n) is 9.11. The summed E-state index contributed by atoms with van der Waals surface area (Å²) >= 11 is 0. The maximum absolute atomic E-state index is 11.8. The van der Waals surface area contributed by atoms with E-state index in [2.05, 4.69) is 5.32 Å². The Balaban J connectivity index is 0.00000112. The van der Waals surface area contributed by atoms with Gasteiger partial charge in [-0.3, -0.25) is 4.79 Å². The average molecular weight is 234 g/mol. The molecule has 0 radical (unpaired) electrons. The van der Waals surface area contributed by atoms with Gasteiger partial charge in [0.1, 0.15) is 0 Å². The van der Waals surface area contributed by atoms with Crippen LogP contribution in [0.25, 0.3) is 0 Å². The van der Waals surface area contributed by atoms with Crippen LogP contribution in [0.1, 0.15) is 6.92 Å². The number of carbonyl (C=O) groups is 1. The van der Waals surface area contributed by atoms with Crippen LogP contribution in [0.3, 0.4) is 0 Å². The first kappa shape index (κ1) is 12.7. The molecule has 3 N–H and O–H groups in total. The third-order valence-corrected chi connectivity index (χ3v) is 3.48. The number of rotatable bonds is 2. The number of fused-ring (bicyclic) bond motifs is 1. The summed E-state index contributed by atoms with van der Waals surface area (Å²) in [6, 6.07) is 0. The summed E-state index contributed by atoms with van der Waals surface area (Å²) in [6.07, 6.45) is 0. The molecular formula is C10H20ClN3O. The highest BCUT2D eigenvalue weighted by atomic mass is 35.5. The van der Waals surface area contributed by atoms with E-state index in [9.17, 15) is 4.79 Å². The van der Waals surface area contributed by atoms with Gasteiger partial charge < -0.3 is 16.0 Å². The summed E-state index contributed by atoms with van der Waals surface area (Å²) in [5.41, 5.74) is 5.50. The van der Waals surface area contributed by atoms with Crippen molar-refractivity contribution in [2.24, 2.45) is 23.5 Å². The Bertz CT molecular complexity index is 225. The molecule has 0 aromatic heterocycles. The fraction of sp³-hybridized carbons (Fsp3) is 0.900. The number of nitrogens with zero attached hydrogens (tertiary/aromatic N) is 1. The smallest absolute Gasteiger partial charge is 0.226 e. The summed E-state index contributed by atoms with van der Waals surface area (Å²) in [6.45, 7) is 6.39. The highest BCUT2D eigenvalue weighted by Gasteiger charge is 2.38. The molecule has 0 saturated carbocycles. The molecule has 0 spiro atoms. The third kappa shape index (κ3) is 2.44. The van der Waals surface area contributed by atoms with E-state index < -0.39 is 0 Å². The van der Waals surface area contributed by atoms with Crippen molar-refractivity contribution in [1.29, 1.82) is 0 Å². The van der Waals surface area contributed by atoms with E-state index in [0.717, 1.165) is 26.2 Å². The Labute approximate surface area is 97.0 Å². The molecule has 4 nitrogen and oxygen atoms in total. The monoisotopic (exact) mass is 233 g/mol. The number of likely N-dealkylation sites (tertiary alicyclic amines) is 1. The lowest BCUT2D eigenvalue weighted by atomic mass is 10.0. The van der Waals surface area contributed by atoms with Gasteiger partial charge in [-0.15, -0.1) is 12.4 Å². The van der Waals surface area contributed by atoms with Crippen LogP contribution in [-0.2, 0) is 4.79 Å². The van der Waals surface area contributed by atoms with Crippen LogP contribution in [0, 0.1) is 17.8 Å². The molecule has 88 valence electrons. The van der Waals surface area contributed by atoms with E-state index >= 15 is 0 Å². The molecule has 1 amide bonds. The molecule has 15 heavy (non-hydrogen) atoms. The van der Waals surface area contributed by atoms with E-state index in [1.807, 2.05) is 11.8 Å². The van der Waals surface area contributed by atoms with Crippen LogP contribution in [0.15, 0.2) is 0 Å². The Morgan fingerprint density at radius 2 is 2.00 bits per heavy atom. The van der Waals surface area contributed by atoms with Gasteiger partial charge in [0, 0.05) is 38.6 Å². The lowest BCUT2D eigenvalue weighted by Gasteiger charge is -2.20. The highest BCUT2D eigenvalue weighted by Crippen LogP contribution is 2.27. The van der Waals surface area contributed by atoms with Crippen molar-refractivity contribution in [2.75, 3.05) is 32.7 Å². The van der Waals surface area contributed by atoms with E-state index in [1.54, 1.807) is 0 Å². The molecule has 2 aliphatic heterocycles. The van der Waals surface area contributed by atoms with E-state index in [4.69, 9.17) is 5.73 Å². The first-order valence-electron chi connectivity index (χ1n) is 5.42. The fourth-order valence-electron chi connectivity index (χ4n) is 2.45. The van der Waals surface area contributed by atoms with E-state index in [0.29, 0.717) is 18.4 Å². The second-order valence-corrected chi connectivity index (χ2v) is 4.56. The van der Waals surface area contributed by atoms with Gasteiger partial charge in [0.25, 0.3) is 0 Å². The van der Waals surface area contributed by atoms with Crippen molar-refractivity contribution in [3.63, 3.8) is 0 Å². The van der Waals surface area contributed by atoms with E-state index in [1.165, 1.54) is 0 Å². The predicted molar refractivity (Wildman–Crippen MR) is 61.9 cm³/mol. The van der Waals surface area contributed by atoms with Crippen LogP contribution >= 0.6 is 12.4 Å². The molecule has 2 rings (SSSR count). The van der Waals surface area contributed by atoms with Gasteiger partial charge in [-0.2, -0.15) is 0 Å². The second-order valence-electron chi connectivity index (χ2n) is 4.56. The third-order valence-electron chi connectivity index (χ3n) is 3.48. The van der Waals surface area contributed by atoms with Gasteiger partial charge in [-0.05, 0) is 11.8 Å². The van der Waals surface area contributed by atoms with Gasteiger partial charge in [-0.25, -0.2) is 0 Å². The van der Waals surface area contributed by atoms with Crippen molar-refractivity contribution >= 4 is 18.3 Å². The van der Waals surface area contributed by atoms with Crippen molar-refractivity contribution < 1.29 is 4.79 Å². The van der Waals surface area contributed by atoms with Crippen LogP contribution < -0.4 is 11.1 Å². The quantitative estimate of drug-likeness (QED) is 0.688. The molecule has 5 heteroatoms. The molecule has 0 aliphatic carbocycles. The number of hydrogen-bond donors (Lipinski definition) is 2. The van der Waals surface area contributed by atoms with Crippen LogP contribution in [0.2, 0.25) is 0 Å². The maximum atomic E-state index is 11.8. The Hall–Kier alpha value is -0.320. The van der Waals surface area contributed by atoms with Crippen LogP contribution in [0.4, 0.5) is 0 Å². The lowest BCUT2D eigenvalue weighted by Crippen LogP contribution is -2.38. The minimum absolute atomic E-state index is 0. The standard InChI is InChI=1S/C10H19N3O.ClH/c1-7(2-11)10(14)13-5-8-3-12-4-9(8)6-13;/h7-9,12H,2-6,11H2,1H3;1H/t7?,8-,9+;. The maximum Gasteiger partial charge on any atom is 0.226 e. The van der Waals surface area contributed by atoms with Gasteiger partial charge >= 0.3 is 0 Å². The minimum atomic E-state index is -0.0122. The lowest BCUT2D eigenvalue weighted by molar-refractivity contribution is -0.133. The summed E-state index contributed by atoms with van der Waals surface area (Å²) < 4.78 is 0. The van der Waals surface area contributed by atoms with Gasteiger partial charge in [0.2, 0.25) is 5.91 Å². The zero-order valence-corrected chi connectivity index (χ0v) is 9.93. The summed E-state index contributed by atoms with van der Waals surface area (Å²) in [7, 11) is 0. The molecule has 2 aliphatic rings.